The van der Waals surface area contributed by atoms with Gasteiger partial charge in [0.15, 0.2) is 0 Å². The Morgan fingerprint density at radius 1 is 0.596 bits per heavy atom. The summed E-state index contributed by atoms with van der Waals surface area (Å²) in [6.45, 7) is 12.9. The first-order valence-corrected chi connectivity index (χ1v) is 34.0. The minimum Gasteiger partial charge on any atom is -1.00 e. The lowest BCUT2D eigenvalue weighted by Crippen LogP contribution is -3.00. The average molecular weight is 1540 g/mol. The zero-order valence-electron chi connectivity index (χ0n) is 57.7. The first-order valence-electron chi connectivity index (χ1n) is 32.2. The van der Waals surface area contributed by atoms with E-state index in [9.17, 15) is 41.8 Å². The van der Waals surface area contributed by atoms with Gasteiger partial charge in [0.05, 0.1) is 70.6 Å². The quantitative estimate of drug-likeness (QED) is 0.0182. The van der Waals surface area contributed by atoms with Gasteiger partial charge in [0, 0.05) is 81.3 Å². The molecule has 10 rings (SSSR count). The molecule has 6 aromatic carbocycles. The number of nitrogens with one attached hydrogen (secondary N) is 2. The molecule has 0 aliphatic heterocycles. The second-order valence-electron chi connectivity index (χ2n) is 24.7. The molecule has 104 heavy (non-hydrogen) atoms. The fraction of sp³-hybridized carbons (Fsp3) is 0.311. The maximum absolute atomic E-state index is 15.3. The minimum atomic E-state index is -5.19. The van der Waals surface area contributed by atoms with Crippen LogP contribution in [0.3, 0.4) is 0 Å². The molecule has 0 aliphatic carbocycles. The van der Waals surface area contributed by atoms with Crippen LogP contribution in [0.25, 0.3) is 22.5 Å². The molecule has 0 radical (unpaired) electrons. The van der Waals surface area contributed by atoms with Crippen molar-refractivity contribution in [1.29, 1.82) is 10.5 Å². The van der Waals surface area contributed by atoms with Crippen LogP contribution in [0.2, 0.25) is 0 Å². The third kappa shape index (κ3) is 21.6. The number of hydrogen-bond donors (Lipinski definition) is 4. The molecule has 0 fully saturated rings. The number of ether oxygens (including phenoxy) is 2. The molecule has 0 unspecified atom stereocenters. The predicted octanol–water partition coefficient (Wildman–Crippen LogP) is 7.08. The molecule has 4 aromatic heterocycles. The van der Waals surface area contributed by atoms with Crippen molar-refractivity contribution in [1.82, 2.24) is 40.2 Å². The first-order chi connectivity index (χ1) is 48.9. The van der Waals surface area contributed by atoms with E-state index in [0.29, 0.717) is 61.6 Å². The van der Waals surface area contributed by atoms with Gasteiger partial charge in [0.2, 0.25) is 12.7 Å². The number of aliphatic carboxylic acids is 1. The van der Waals surface area contributed by atoms with Crippen LogP contribution >= 0.6 is 22.7 Å². The number of aryl methyl sites for hydroxylation is 4. The second-order valence-corrected chi connectivity index (χ2v) is 26.6. The van der Waals surface area contributed by atoms with Gasteiger partial charge in [-0.05, 0) is 148 Å². The van der Waals surface area contributed by atoms with Crippen LogP contribution in [0, 0.1) is 85.5 Å². The molecule has 0 saturated heterocycles. The Morgan fingerprint density at radius 2 is 0.942 bits per heavy atom. The highest BCUT2D eigenvalue weighted by Crippen LogP contribution is 2.39. The lowest BCUT2D eigenvalue weighted by molar-refractivity contribution is -0.689. The summed E-state index contributed by atoms with van der Waals surface area (Å²) in [4.78, 5) is 42.6. The van der Waals surface area contributed by atoms with Gasteiger partial charge in [0.1, 0.15) is 65.0 Å². The van der Waals surface area contributed by atoms with E-state index in [2.05, 4.69) is 33.0 Å². The number of rotatable bonds is 26. The zero-order chi connectivity index (χ0) is 74.9. The molecule has 0 aliphatic rings. The van der Waals surface area contributed by atoms with Crippen molar-refractivity contribution < 1.29 is 96.0 Å². The molecular formula is C74H74BrF7N12O8S2. The standard InChI is InChI=1S/2C36H37F2N6O3S.C2HF3O2.BrH/c2*1-23-13-27(14-24(2)35(23)47-34(45)11-12-40-4)18-43-21-41-44(22-43)20-36(46,30-10-9-29(37)16-31(30)38)25(3)15-33-42-32(19-48-33)28-7-5-26(17-39)6-8-28;3-2(4,5)1(6)7;/h2*5-10,13-14,16,19,21-22,25,40,46H,11-12,15,18,20H2,1-4H3;(H,6,7);1H/q2*+1;;/p-2/t2*25-,36-;;/m11../s1. The van der Waals surface area contributed by atoms with Crippen LogP contribution in [-0.2, 0) is 64.6 Å². The maximum Gasteiger partial charge on any atom is 0.430 e. The van der Waals surface area contributed by atoms with Crippen molar-refractivity contribution in [3.8, 4) is 46.2 Å². The van der Waals surface area contributed by atoms with E-state index in [4.69, 9.17) is 39.9 Å². The number of carboxylic acid groups (broad SMARTS) is 1. The minimum absolute atomic E-state index is 0. The van der Waals surface area contributed by atoms with Crippen molar-refractivity contribution in [2.45, 2.75) is 111 Å². The Kier molecular flexibility index (Phi) is 28.5. The molecule has 10 aromatic rings. The number of nitrogens with zero attached hydrogens (tertiary/aromatic N) is 10. The lowest BCUT2D eigenvalue weighted by Gasteiger charge is -2.32. The SMILES string of the molecule is CNCCC(=O)Oc1c(C)cc(C[n+]2cnn(C[C@](O)(c3ccc(F)cc3F)[C@H](C)Cc3nc(-c4ccc(C#N)cc4)cs3)c2)cc1C.CNCCC(=O)Oc1c(C)cc(C[n+]2cnn(C[C@](O)(c3ccc(F)cc3F)[C@H](C)Cc3nc(-c4ccc(C#N)cc4)cs3)c2)cc1C.O=C([O-])C(F)(F)F.[Br-]. The number of alkyl halides is 3. The molecule has 0 bridgehead atoms. The second kappa shape index (κ2) is 36.5. The van der Waals surface area contributed by atoms with E-state index in [-0.39, 0.29) is 66.0 Å². The summed E-state index contributed by atoms with van der Waals surface area (Å²) < 4.78 is 108. The fourth-order valence-electron chi connectivity index (χ4n) is 11.4. The number of halogens is 8. The van der Waals surface area contributed by atoms with Crippen molar-refractivity contribution in [2.24, 2.45) is 11.8 Å². The number of benzene rings is 6. The molecule has 20 nitrogen and oxygen atoms in total. The van der Waals surface area contributed by atoms with Gasteiger partial charge < -0.3 is 57.2 Å². The van der Waals surface area contributed by atoms with Gasteiger partial charge in [-0.1, -0.05) is 50.2 Å². The Bertz CT molecular complexity index is 4380. The van der Waals surface area contributed by atoms with Crippen LogP contribution in [0.5, 0.6) is 11.5 Å². The van der Waals surface area contributed by atoms with Gasteiger partial charge in [-0.3, -0.25) is 9.59 Å². The topological polar surface area (TPSA) is 274 Å². The first kappa shape index (κ1) is 81.4. The summed E-state index contributed by atoms with van der Waals surface area (Å²) in [6, 6.07) is 32.6. The molecule has 0 spiro atoms. The summed E-state index contributed by atoms with van der Waals surface area (Å²) in [5.74, 6) is -6.80. The van der Waals surface area contributed by atoms with Gasteiger partial charge in [-0.15, -0.1) is 32.0 Å². The maximum atomic E-state index is 15.3. The van der Waals surface area contributed by atoms with Crippen LogP contribution in [0.4, 0.5) is 30.7 Å². The van der Waals surface area contributed by atoms with Crippen molar-refractivity contribution in [3.63, 3.8) is 0 Å². The Hall–Kier alpha value is -9.92. The van der Waals surface area contributed by atoms with Crippen LogP contribution < -0.4 is 51.3 Å². The number of nitriles is 2. The molecule has 0 saturated carbocycles. The smallest absolute Gasteiger partial charge is 0.430 e. The largest absolute Gasteiger partial charge is 1.00 e. The summed E-state index contributed by atoms with van der Waals surface area (Å²) in [5.41, 5.74) is 5.92. The van der Waals surface area contributed by atoms with E-state index >= 15 is 8.78 Å². The molecule has 30 heteroatoms. The highest BCUT2D eigenvalue weighted by Gasteiger charge is 2.43. The Labute approximate surface area is 614 Å². The summed E-state index contributed by atoms with van der Waals surface area (Å²) in [6.07, 6.45) is 2.66. The van der Waals surface area contributed by atoms with Crippen LogP contribution in [0.1, 0.15) is 92.3 Å². The van der Waals surface area contributed by atoms with Gasteiger partial charge in [-0.2, -0.15) is 23.7 Å². The number of aromatic nitrogens is 8. The van der Waals surface area contributed by atoms with E-state index in [1.54, 1.807) is 73.0 Å². The molecule has 546 valence electrons. The van der Waals surface area contributed by atoms with Crippen LogP contribution in [-0.4, -0.2) is 91.0 Å². The summed E-state index contributed by atoms with van der Waals surface area (Å²) in [7, 11) is 3.55. The van der Waals surface area contributed by atoms with E-state index in [0.717, 1.165) is 90.2 Å². The van der Waals surface area contributed by atoms with E-state index in [1.807, 2.05) is 110 Å². The number of carboxylic acids is 1. The third-order valence-corrected chi connectivity index (χ3v) is 18.5. The van der Waals surface area contributed by atoms with Gasteiger partial charge in [0.25, 0.3) is 12.7 Å². The zero-order valence-corrected chi connectivity index (χ0v) is 61.0. The van der Waals surface area contributed by atoms with Crippen molar-refractivity contribution in [2.75, 3.05) is 27.2 Å². The third-order valence-electron chi connectivity index (χ3n) is 16.8. The van der Waals surface area contributed by atoms with Crippen LogP contribution in [0.15, 0.2) is 145 Å². The van der Waals surface area contributed by atoms with Gasteiger partial charge >= 0.3 is 18.1 Å². The Balaban J connectivity index is 0.000000264. The number of carbonyl (C=O) groups excluding carboxylic acids is 3. The van der Waals surface area contributed by atoms with Crippen molar-refractivity contribution >= 4 is 40.6 Å². The molecule has 0 amide bonds. The van der Waals surface area contributed by atoms with Gasteiger partial charge in [-0.25, -0.2) is 36.7 Å². The highest BCUT2D eigenvalue weighted by atomic mass is 79.9. The number of aliphatic hydroxyl groups is 2. The molecule has 4 N–H and O–H groups in total. The number of hydrogen-bond acceptors (Lipinski definition) is 18. The molecular weight excluding hydrogens is 1460 g/mol. The fourth-order valence-corrected chi connectivity index (χ4v) is 13.3. The monoisotopic (exact) mass is 1530 g/mol. The Morgan fingerprint density at radius 3 is 1.25 bits per heavy atom. The van der Waals surface area contributed by atoms with Crippen molar-refractivity contribution in [3.05, 3.63) is 234 Å². The average Bonchev–Trinajstić information content (AvgIpc) is 1.03. The number of esters is 2. The number of thiazole rings is 2. The summed E-state index contributed by atoms with van der Waals surface area (Å²) in [5, 5.41) is 71.5. The lowest BCUT2D eigenvalue weighted by atomic mass is 9.80. The molecule has 4 atom stereocenters. The van der Waals surface area contributed by atoms with E-state index < -0.39 is 58.5 Å². The summed E-state index contributed by atoms with van der Waals surface area (Å²) >= 11 is 2.85. The normalized spacial score (nSPS) is 12.9. The molecule has 4 heterocycles. The van der Waals surface area contributed by atoms with E-state index in [1.165, 1.54) is 34.8 Å². The number of carbonyl (C=O) groups is 3. The predicted molar refractivity (Wildman–Crippen MR) is 365 cm³/mol. The highest BCUT2D eigenvalue weighted by molar-refractivity contribution is 7.10.